The monoisotopic (exact) mass is 251 g/mol. The van der Waals surface area contributed by atoms with Crippen LogP contribution in [0.15, 0.2) is 18.2 Å². The number of ether oxygens (including phenoxy) is 2. The van der Waals surface area contributed by atoms with Crippen LogP contribution in [-0.4, -0.2) is 50.5 Å². The number of nitrogens with zero attached hydrogens (tertiary/aromatic N) is 1. The fraction of sp³-hybridized carbons (Fsp3) is 0.571. The third kappa shape index (κ3) is 3.45. The van der Waals surface area contributed by atoms with Crippen LogP contribution in [0.4, 0.5) is 0 Å². The highest BCUT2D eigenvalue weighted by atomic mass is 16.5. The van der Waals surface area contributed by atoms with E-state index in [4.69, 9.17) is 9.47 Å². The van der Waals surface area contributed by atoms with Crippen molar-refractivity contribution in [3.63, 3.8) is 0 Å². The van der Waals surface area contributed by atoms with E-state index in [0.29, 0.717) is 13.2 Å². The molecule has 0 aromatic heterocycles. The molecule has 0 fully saturated rings. The molecule has 0 saturated carbocycles. The molecule has 18 heavy (non-hydrogen) atoms. The Hall–Kier alpha value is -1.10. The Morgan fingerprint density at radius 1 is 1.44 bits per heavy atom. The summed E-state index contributed by atoms with van der Waals surface area (Å²) in [5, 5.41) is 10.0. The zero-order chi connectivity index (χ0) is 13.0. The molecule has 4 nitrogen and oxygen atoms in total. The van der Waals surface area contributed by atoms with Crippen LogP contribution in [0.1, 0.15) is 17.2 Å². The maximum Gasteiger partial charge on any atom is 0.122 e. The minimum Gasteiger partial charge on any atom is -0.493 e. The van der Waals surface area contributed by atoms with E-state index < -0.39 is 6.10 Å². The van der Waals surface area contributed by atoms with E-state index in [1.54, 1.807) is 0 Å². The molecule has 100 valence electrons. The van der Waals surface area contributed by atoms with Crippen LogP contribution in [0.2, 0.25) is 0 Å². The maximum absolute atomic E-state index is 10.0. The fourth-order valence-electron chi connectivity index (χ4n) is 1.95. The molecule has 4 heteroatoms. The van der Waals surface area contributed by atoms with Gasteiger partial charge >= 0.3 is 0 Å². The van der Waals surface area contributed by atoms with E-state index in [0.717, 1.165) is 30.9 Å². The second kappa shape index (κ2) is 6.18. The molecule has 0 aliphatic carbocycles. The molecule has 1 aliphatic rings. The van der Waals surface area contributed by atoms with Gasteiger partial charge in [0.1, 0.15) is 11.9 Å². The number of aliphatic hydroxyl groups is 1. The molecular formula is C14H21NO3. The molecule has 0 spiro atoms. The maximum atomic E-state index is 10.0. The van der Waals surface area contributed by atoms with Crippen molar-refractivity contribution >= 4 is 0 Å². The van der Waals surface area contributed by atoms with Crippen molar-refractivity contribution in [2.75, 3.05) is 40.5 Å². The van der Waals surface area contributed by atoms with Crippen molar-refractivity contribution in [3.8, 4) is 5.75 Å². The zero-order valence-corrected chi connectivity index (χ0v) is 11.1. The molecule has 2 rings (SSSR count). The minimum atomic E-state index is -0.557. The largest absolute Gasteiger partial charge is 0.493 e. The molecule has 0 saturated heterocycles. The van der Waals surface area contributed by atoms with Gasteiger partial charge in [-0.05, 0) is 37.4 Å². The first-order valence-corrected chi connectivity index (χ1v) is 6.33. The quantitative estimate of drug-likeness (QED) is 0.772. The smallest absolute Gasteiger partial charge is 0.122 e. The lowest BCUT2D eigenvalue weighted by molar-refractivity contribution is 0.0306. The van der Waals surface area contributed by atoms with Crippen LogP contribution in [-0.2, 0) is 11.2 Å². The average Bonchev–Trinajstić information content (AvgIpc) is 2.81. The van der Waals surface area contributed by atoms with E-state index in [9.17, 15) is 5.11 Å². The molecule has 1 aromatic rings. The first-order valence-electron chi connectivity index (χ1n) is 6.33. The summed E-state index contributed by atoms with van der Waals surface area (Å²) in [6.45, 7) is 2.59. The van der Waals surface area contributed by atoms with Gasteiger partial charge in [-0.2, -0.15) is 0 Å². The van der Waals surface area contributed by atoms with Crippen molar-refractivity contribution in [2.24, 2.45) is 0 Å². The van der Waals surface area contributed by atoms with Gasteiger partial charge in [-0.3, -0.25) is 0 Å². The third-order valence-electron chi connectivity index (χ3n) is 3.06. The Morgan fingerprint density at radius 3 is 3.06 bits per heavy atom. The highest BCUT2D eigenvalue weighted by molar-refractivity contribution is 5.40. The zero-order valence-electron chi connectivity index (χ0n) is 11.1. The summed E-state index contributed by atoms with van der Waals surface area (Å²) in [6.07, 6.45) is 0.371. The van der Waals surface area contributed by atoms with Gasteiger partial charge in [0.25, 0.3) is 0 Å². The molecule has 1 aliphatic heterocycles. The van der Waals surface area contributed by atoms with E-state index in [1.165, 1.54) is 5.56 Å². The van der Waals surface area contributed by atoms with E-state index in [1.807, 2.05) is 32.3 Å². The minimum absolute atomic E-state index is 0.341. The number of hydrogen-bond donors (Lipinski definition) is 1. The molecule has 0 amide bonds. The van der Waals surface area contributed by atoms with Crippen LogP contribution < -0.4 is 4.74 Å². The van der Waals surface area contributed by atoms with Crippen molar-refractivity contribution in [1.82, 2.24) is 4.90 Å². The lowest BCUT2D eigenvalue weighted by Crippen LogP contribution is -2.19. The number of rotatable bonds is 6. The van der Waals surface area contributed by atoms with E-state index >= 15 is 0 Å². The lowest BCUT2D eigenvalue weighted by atomic mass is 10.0. The van der Waals surface area contributed by atoms with Gasteiger partial charge in [-0.15, -0.1) is 0 Å². The van der Waals surface area contributed by atoms with E-state index in [2.05, 4.69) is 4.90 Å². The summed E-state index contributed by atoms with van der Waals surface area (Å²) >= 11 is 0. The van der Waals surface area contributed by atoms with E-state index in [-0.39, 0.29) is 0 Å². The second-order valence-electron chi connectivity index (χ2n) is 4.86. The van der Waals surface area contributed by atoms with Gasteiger partial charge in [-0.25, -0.2) is 0 Å². The van der Waals surface area contributed by atoms with Gasteiger partial charge < -0.3 is 19.5 Å². The predicted octanol–water partition coefficient (Wildman–Crippen LogP) is 1.23. The Kier molecular flexibility index (Phi) is 4.58. The van der Waals surface area contributed by atoms with Gasteiger partial charge in [0.2, 0.25) is 0 Å². The summed E-state index contributed by atoms with van der Waals surface area (Å²) in [5.41, 5.74) is 2.09. The van der Waals surface area contributed by atoms with Crippen LogP contribution in [0.3, 0.4) is 0 Å². The van der Waals surface area contributed by atoms with Crippen LogP contribution >= 0.6 is 0 Å². The standard InChI is InChI=1S/C14H21NO3/c1-15(2)6-8-17-10-13(16)11-3-4-14-12(9-11)5-7-18-14/h3-4,9,13,16H,5-8,10H2,1-2H3. The number of aliphatic hydroxyl groups excluding tert-OH is 1. The normalized spacial score (nSPS) is 15.6. The first-order chi connectivity index (χ1) is 8.66. The number of fused-ring (bicyclic) bond motifs is 1. The van der Waals surface area contributed by atoms with Crippen molar-refractivity contribution in [2.45, 2.75) is 12.5 Å². The summed E-state index contributed by atoms with van der Waals surface area (Å²) in [5.74, 6) is 0.944. The number of hydrogen-bond acceptors (Lipinski definition) is 4. The molecular weight excluding hydrogens is 230 g/mol. The Morgan fingerprint density at radius 2 is 2.28 bits per heavy atom. The molecule has 1 atom stereocenters. The molecule has 1 N–H and O–H groups in total. The van der Waals surface area contributed by atoms with Crippen molar-refractivity contribution < 1.29 is 14.6 Å². The third-order valence-corrected chi connectivity index (χ3v) is 3.06. The molecule has 1 aromatic carbocycles. The first kappa shape index (κ1) is 13.3. The van der Waals surface area contributed by atoms with Crippen LogP contribution in [0.25, 0.3) is 0 Å². The summed E-state index contributed by atoms with van der Waals surface area (Å²) in [4.78, 5) is 2.05. The second-order valence-corrected chi connectivity index (χ2v) is 4.86. The molecule has 1 unspecified atom stereocenters. The summed E-state index contributed by atoms with van der Waals surface area (Å²) in [6, 6.07) is 5.85. The number of benzene rings is 1. The summed E-state index contributed by atoms with van der Waals surface area (Å²) < 4.78 is 10.9. The van der Waals surface area contributed by atoms with Crippen molar-refractivity contribution in [1.29, 1.82) is 0 Å². The highest BCUT2D eigenvalue weighted by Gasteiger charge is 2.15. The molecule has 0 radical (unpaired) electrons. The predicted molar refractivity (Wildman–Crippen MR) is 70.0 cm³/mol. The van der Waals surface area contributed by atoms with Gasteiger partial charge in [-0.1, -0.05) is 6.07 Å². The van der Waals surface area contributed by atoms with Crippen molar-refractivity contribution in [3.05, 3.63) is 29.3 Å². The Labute approximate surface area is 108 Å². The Balaban J connectivity index is 1.83. The van der Waals surface area contributed by atoms with Gasteiger partial charge in [0.15, 0.2) is 0 Å². The SMILES string of the molecule is CN(C)CCOCC(O)c1ccc2c(c1)CCO2. The Bertz CT molecular complexity index is 393. The number of likely N-dealkylation sites (N-methyl/N-ethyl adjacent to an activating group) is 1. The summed E-state index contributed by atoms with van der Waals surface area (Å²) in [7, 11) is 4.00. The van der Waals surface area contributed by atoms with Gasteiger partial charge in [0, 0.05) is 13.0 Å². The molecule has 0 bridgehead atoms. The van der Waals surface area contributed by atoms with Gasteiger partial charge in [0.05, 0.1) is 19.8 Å². The molecule has 1 heterocycles. The van der Waals surface area contributed by atoms with Crippen LogP contribution in [0, 0.1) is 0 Å². The lowest BCUT2D eigenvalue weighted by Gasteiger charge is -2.14. The fourth-order valence-corrected chi connectivity index (χ4v) is 1.95. The topological polar surface area (TPSA) is 41.9 Å². The average molecular weight is 251 g/mol. The highest BCUT2D eigenvalue weighted by Crippen LogP contribution is 2.28. The van der Waals surface area contributed by atoms with Crippen LogP contribution in [0.5, 0.6) is 5.75 Å².